The molecule has 1 aliphatic heterocycles. The van der Waals surface area contributed by atoms with Crippen LogP contribution in [0, 0.1) is 19.8 Å². The van der Waals surface area contributed by atoms with Crippen molar-refractivity contribution in [2.45, 2.75) is 52.1 Å². The Bertz CT molecular complexity index is 807. The second kappa shape index (κ2) is 7.51. The number of aryl methyl sites for hydroxylation is 1. The highest BCUT2D eigenvalue weighted by Gasteiger charge is 2.34. The van der Waals surface area contributed by atoms with E-state index in [-0.39, 0.29) is 11.9 Å². The normalized spacial score (nSPS) is 21.4. The molecule has 1 aliphatic carbocycles. The molecule has 1 N–H and O–H groups in total. The zero-order chi connectivity index (χ0) is 19.0. The number of carbonyl (C=O) groups excluding carboxylic acids is 1. The summed E-state index contributed by atoms with van der Waals surface area (Å²) in [5.74, 6) is 0.667. The van der Waals surface area contributed by atoms with Crippen LogP contribution >= 0.6 is 0 Å². The SMILES string of the molecule is Cc1cc(C(=O)NCC2CCN(C3CC3)C2)c(C)n1C(C)c1ccccc1. The number of aromatic nitrogens is 1. The minimum absolute atomic E-state index is 0.0690. The van der Waals surface area contributed by atoms with Crippen molar-refractivity contribution in [1.82, 2.24) is 14.8 Å². The number of nitrogens with zero attached hydrogens (tertiary/aromatic N) is 2. The molecule has 1 aromatic heterocycles. The first-order chi connectivity index (χ1) is 13.0. The molecule has 1 amide bonds. The highest BCUT2D eigenvalue weighted by atomic mass is 16.1. The number of likely N-dealkylation sites (tertiary alicyclic amines) is 1. The zero-order valence-electron chi connectivity index (χ0n) is 16.7. The third-order valence-corrected chi connectivity index (χ3v) is 6.33. The van der Waals surface area contributed by atoms with Crippen molar-refractivity contribution in [2.75, 3.05) is 19.6 Å². The zero-order valence-corrected chi connectivity index (χ0v) is 16.7. The fourth-order valence-corrected chi connectivity index (χ4v) is 4.62. The van der Waals surface area contributed by atoms with E-state index in [1.54, 1.807) is 0 Å². The summed E-state index contributed by atoms with van der Waals surface area (Å²) < 4.78 is 2.27. The summed E-state index contributed by atoms with van der Waals surface area (Å²) in [4.78, 5) is 15.4. The Hall–Kier alpha value is -2.07. The Labute approximate surface area is 162 Å². The van der Waals surface area contributed by atoms with Gasteiger partial charge < -0.3 is 14.8 Å². The Morgan fingerprint density at radius 1 is 1.19 bits per heavy atom. The van der Waals surface area contributed by atoms with Crippen LogP contribution in [-0.4, -0.2) is 41.1 Å². The van der Waals surface area contributed by atoms with Crippen molar-refractivity contribution in [1.29, 1.82) is 0 Å². The summed E-state index contributed by atoms with van der Waals surface area (Å²) >= 11 is 0. The van der Waals surface area contributed by atoms with Gasteiger partial charge in [0.15, 0.2) is 0 Å². The van der Waals surface area contributed by atoms with Gasteiger partial charge in [-0.15, -0.1) is 0 Å². The molecule has 27 heavy (non-hydrogen) atoms. The summed E-state index contributed by atoms with van der Waals surface area (Å²) in [6.45, 7) is 9.49. The lowest BCUT2D eigenvalue weighted by Gasteiger charge is -2.19. The predicted octanol–water partition coefficient (Wildman–Crippen LogP) is 3.93. The van der Waals surface area contributed by atoms with Crippen LogP contribution in [0.3, 0.4) is 0 Å². The van der Waals surface area contributed by atoms with Crippen LogP contribution in [0.25, 0.3) is 0 Å². The molecule has 2 aromatic rings. The van der Waals surface area contributed by atoms with Crippen molar-refractivity contribution >= 4 is 5.91 Å². The molecule has 1 saturated carbocycles. The number of hydrogen-bond donors (Lipinski definition) is 1. The number of benzene rings is 1. The van der Waals surface area contributed by atoms with Gasteiger partial charge >= 0.3 is 0 Å². The molecule has 4 nitrogen and oxygen atoms in total. The molecule has 2 heterocycles. The minimum atomic E-state index is 0.0690. The Morgan fingerprint density at radius 2 is 1.93 bits per heavy atom. The van der Waals surface area contributed by atoms with Gasteiger partial charge in [0.25, 0.3) is 5.91 Å². The second-order valence-electron chi connectivity index (χ2n) is 8.33. The topological polar surface area (TPSA) is 37.3 Å². The average Bonchev–Trinajstić information content (AvgIpc) is 3.34. The van der Waals surface area contributed by atoms with Gasteiger partial charge in [-0.05, 0) is 64.1 Å². The van der Waals surface area contributed by atoms with E-state index >= 15 is 0 Å². The molecule has 144 valence electrons. The molecule has 2 unspecified atom stereocenters. The Morgan fingerprint density at radius 3 is 2.63 bits per heavy atom. The highest BCUT2D eigenvalue weighted by molar-refractivity contribution is 5.95. The molecule has 0 spiro atoms. The van der Waals surface area contributed by atoms with Gasteiger partial charge in [-0.2, -0.15) is 0 Å². The van der Waals surface area contributed by atoms with Crippen LogP contribution in [0.2, 0.25) is 0 Å². The van der Waals surface area contributed by atoms with Gasteiger partial charge in [0, 0.05) is 30.5 Å². The van der Waals surface area contributed by atoms with Crippen molar-refractivity contribution in [2.24, 2.45) is 5.92 Å². The van der Waals surface area contributed by atoms with Gasteiger partial charge in [0.1, 0.15) is 0 Å². The van der Waals surface area contributed by atoms with Crippen molar-refractivity contribution in [3.05, 3.63) is 58.9 Å². The van der Waals surface area contributed by atoms with E-state index in [2.05, 4.69) is 59.8 Å². The van der Waals surface area contributed by atoms with Crippen LogP contribution in [0.5, 0.6) is 0 Å². The molecule has 2 atom stereocenters. The first kappa shape index (κ1) is 18.3. The number of amides is 1. The fourth-order valence-electron chi connectivity index (χ4n) is 4.62. The molecule has 0 radical (unpaired) electrons. The first-order valence-electron chi connectivity index (χ1n) is 10.3. The summed E-state index contributed by atoms with van der Waals surface area (Å²) in [6.07, 6.45) is 3.94. The van der Waals surface area contributed by atoms with E-state index in [0.29, 0.717) is 5.92 Å². The van der Waals surface area contributed by atoms with Crippen molar-refractivity contribution in [3.8, 4) is 0 Å². The van der Waals surface area contributed by atoms with Gasteiger partial charge in [0.05, 0.1) is 11.6 Å². The van der Waals surface area contributed by atoms with Crippen LogP contribution < -0.4 is 5.32 Å². The van der Waals surface area contributed by atoms with Gasteiger partial charge in [-0.3, -0.25) is 4.79 Å². The highest BCUT2D eigenvalue weighted by Crippen LogP contribution is 2.31. The smallest absolute Gasteiger partial charge is 0.253 e. The van der Waals surface area contributed by atoms with Crippen LogP contribution in [0.15, 0.2) is 36.4 Å². The summed E-state index contributed by atoms with van der Waals surface area (Å²) in [5, 5.41) is 3.20. The van der Waals surface area contributed by atoms with E-state index in [1.807, 2.05) is 12.1 Å². The number of nitrogens with one attached hydrogen (secondary N) is 1. The third kappa shape index (κ3) is 3.81. The van der Waals surface area contributed by atoms with Crippen LogP contribution in [-0.2, 0) is 0 Å². The summed E-state index contributed by atoms with van der Waals surface area (Å²) in [5.41, 5.74) is 4.26. The van der Waals surface area contributed by atoms with E-state index < -0.39 is 0 Å². The second-order valence-corrected chi connectivity index (χ2v) is 8.33. The molecule has 2 aliphatic rings. The average molecular weight is 366 g/mol. The van der Waals surface area contributed by atoms with Gasteiger partial charge in [0.2, 0.25) is 0 Å². The van der Waals surface area contributed by atoms with E-state index in [1.165, 1.54) is 31.4 Å². The maximum Gasteiger partial charge on any atom is 0.253 e. The quantitative estimate of drug-likeness (QED) is 0.842. The van der Waals surface area contributed by atoms with Gasteiger partial charge in [-0.25, -0.2) is 0 Å². The Balaban J connectivity index is 1.42. The monoisotopic (exact) mass is 365 g/mol. The molecule has 0 bridgehead atoms. The molecule has 1 saturated heterocycles. The lowest BCUT2D eigenvalue weighted by Crippen LogP contribution is -2.31. The van der Waals surface area contributed by atoms with E-state index in [9.17, 15) is 4.79 Å². The summed E-state index contributed by atoms with van der Waals surface area (Å²) in [7, 11) is 0. The predicted molar refractivity (Wildman–Crippen MR) is 109 cm³/mol. The maximum atomic E-state index is 12.8. The number of rotatable bonds is 6. The van der Waals surface area contributed by atoms with Crippen LogP contribution in [0.4, 0.5) is 0 Å². The molecule has 4 rings (SSSR count). The molecular formula is C23H31N3O. The van der Waals surface area contributed by atoms with E-state index in [0.717, 1.165) is 36.1 Å². The van der Waals surface area contributed by atoms with Crippen LogP contribution in [0.1, 0.15) is 59.5 Å². The molecular weight excluding hydrogens is 334 g/mol. The number of hydrogen-bond acceptors (Lipinski definition) is 2. The Kier molecular flexibility index (Phi) is 5.09. The largest absolute Gasteiger partial charge is 0.352 e. The maximum absolute atomic E-state index is 12.8. The molecule has 1 aromatic carbocycles. The lowest BCUT2D eigenvalue weighted by atomic mass is 10.1. The lowest BCUT2D eigenvalue weighted by molar-refractivity contribution is 0.0946. The standard InChI is InChI=1S/C23H31N3O/c1-16-13-22(18(3)26(16)17(2)20-7-5-4-6-8-20)23(27)24-14-19-11-12-25(15-19)21-9-10-21/h4-8,13,17,19,21H,9-12,14-15H2,1-3H3,(H,24,27). The molecule has 2 fully saturated rings. The minimum Gasteiger partial charge on any atom is -0.352 e. The third-order valence-electron chi connectivity index (χ3n) is 6.33. The van der Waals surface area contributed by atoms with E-state index in [4.69, 9.17) is 0 Å². The summed E-state index contributed by atoms with van der Waals surface area (Å²) in [6, 6.07) is 13.6. The van der Waals surface area contributed by atoms with Crippen molar-refractivity contribution in [3.63, 3.8) is 0 Å². The fraction of sp³-hybridized carbons (Fsp3) is 0.522. The first-order valence-corrected chi connectivity index (χ1v) is 10.3. The van der Waals surface area contributed by atoms with Gasteiger partial charge in [-0.1, -0.05) is 30.3 Å². The molecule has 4 heteroatoms. The van der Waals surface area contributed by atoms with Crippen molar-refractivity contribution < 1.29 is 4.79 Å². The number of carbonyl (C=O) groups is 1.